The molecule has 0 bridgehead atoms. The number of rotatable bonds is 10. The molecule has 1 aliphatic rings. The van der Waals surface area contributed by atoms with Gasteiger partial charge in [0.1, 0.15) is 12.4 Å². The van der Waals surface area contributed by atoms with Crippen LogP contribution in [-0.2, 0) is 4.79 Å². The molecule has 0 aromatic heterocycles. The average molecular weight is 492 g/mol. The number of hydrogen-bond donors (Lipinski definition) is 1. The molecule has 1 heterocycles. The molecule has 0 saturated carbocycles. The second-order valence-electron chi connectivity index (χ2n) is 8.93. The monoisotopic (exact) mass is 491 g/mol. The van der Waals surface area contributed by atoms with Gasteiger partial charge in [0.2, 0.25) is 5.67 Å². The Morgan fingerprint density at radius 1 is 1.30 bits per heavy atom. The molecule has 0 radical (unpaired) electrons. The molecule has 3 rings (SSSR count). The first-order valence-electron chi connectivity index (χ1n) is 11.5. The molecule has 2 aromatic rings. The molecule has 2 atom stereocenters. The van der Waals surface area contributed by atoms with E-state index in [9.17, 15) is 9.18 Å². The molecule has 0 amide bonds. The zero-order valence-electron chi connectivity index (χ0n) is 19.9. The summed E-state index contributed by atoms with van der Waals surface area (Å²) in [6.07, 6.45) is 6.58. The first kappa shape index (κ1) is 25.8. The Kier molecular flexibility index (Phi) is 8.62. The Hall–Kier alpha value is -1.86. The molecule has 7 heteroatoms. The first-order chi connectivity index (χ1) is 15.7. The van der Waals surface area contributed by atoms with Gasteiger partial charge in [-0.3, -0.25) is 0 Å². The molecular weight excluding hydrogens is 457 g/mol. The summed E-state index contributed by atoms with van der Waals surface area (Å²) in [5.74, 6) is 0.00841. The van der Waals surface area contributed by atoms with E-state index >= 15 is 0 Å². The third-order valence-corrected chi connectivity index (χ3v) is 8.54. The van der Waals surface area contributed by atoms with Gasteiger partial charge in [0, 0.05) is 22.9 Å². The number of ether oxygens (including phenoxy) is 1. The highest BCUT2D eigenvalue weighted by molar-refractivity contribution is 7.99. The fraction of sp³-hybridized carbons (Fsp3) is 0.500. The Morgan fingerprint density at radius 2 is 2.03 bits per heavy atom. The number of carboxylic acid groups (broad SMARTS) is 1. The number of benzene rings is 2. The zero-order chi connectivity index (χ0) is 24.1. The molecule has 0 aliphatic carbocycles. The van der Waals surface area contributed by atoms with Crippen molar-refractivity contribution >= 4 is 40.9 Å². The van der Waals surface area contributed by atoms with E-state index in [0.29, 0.717) is 5.75 Å². The van der Waals surface area contributed by atoms with Gasteiger partial charge in [-0.2, -0.15) is 0 Å². The standard InChI is InChI=1S/C26H34FNO3S2/c1-5-7-13-26(6-2)16-28(19-11-9-8-10-12-19)20-14-23(32-4)21(15-22(20)33-18-26)31-17-25(3,27)24(29)30/h8-12,14-15H,5-7,13,16-18H2,1-4H3,(H,29,30). The number of hydrogen-bond acceptors (Lipinski definition) is 5. The van der Waals surface area contributed by atoms with Gasteiger partial charge in [-0.25, -0.2) is 9.18 Å². The van der Waals surface area contributed by atoms with Crippen LogP contribution in [0.4, 0.5) is 15.8 Å². The SMILES string of the molecule is CCCCC1(CC)CSc2cc(OCC(C)(F)C(=O)O)c(SC)cc2N(c2ccccc2)C1. The van der Waals surface area contributed by atoms with Crippen molar-refractivity contribution in [2.75, 3.05) is 30.1 Å². The predicted octanol–water partition coefficient (Wildman–Crippen LogP) is 7.43. The summed E-state index contributed by atoms with van der Waals surface area (Å²) in [5, 5.41) is 9.12. The van der Waals surface area contributed by atoms with Crippen molar-refractivity contribution in [2.45, 2.75) is 61.9 Å². The Morgan fingerprint density at radius 3 is 2.64 bits per heavy atom. The molecule has 1 N–H and O–H groups in total. The van der Waals surface area contributed by atoms with Gasteiger partial charge in [0.05, 0.1) is 10.6 Å². The summed E-state index contributed by atoms with van der Waals surface area (Å²) in [5.41, 5.74) is 0.00887. The number of halogens is 1. The van der Waals surface area contributed by atoms with Gasteiger partial charge in [-0.15, -0.1) is 23.5 Å². The van der Waals surface area contributed by atoms with E-state index < -0.39 is 18.2 Å². The first-order valence-corrected chi connectivity index (χ1v) is 13.7. The molecular formula is C26H34FNO3S2. The van der Waals surface area contributed by atoms with Crippen molar-refractivity contribution in [3.63, 3.8) is 0 Å². The number of unbranched alkanes of at least 4 members (excludes halogenated alkanes) is 1. The maximum absolute atomic E-state index is 14.3. The number of nitrogens with zero attached hydrogens (tertiary/aromatic N) is 1. The minimum Gasteiger partial charge on any atom is -0.488 e. The molecule has 180 valence electrons. The molecule has 1 aliphatic heterocycles. The summed E-state index contributed by atoms with van der Waals surface area (Å²) in [7, 11) is 0. The Balaban J connectivity index is 2.04. The average Bonchev–Trinajstić information content (AvgIpc) is 2.98. The zero-order valence-corrected chi connectivity index (χ0v) is 21.5. The number of para-hydroxylation sites is 1. The lowest BCUT2D eigenvalue weighted by Crippen LogP contribution is -2.36. The number of thioether (sulfide) groups is 2. The van der Waals surface area contributed by atoms with Gasteiger partial charge in [-0.1, -0.05) is 44.9 Å². The smallest absolute Gasteiger partial charge is 0.344 e. The number of carbonyl (C=O) groups is 1. The highest BCUT2D eigenvalue weighted by Crippen LogP contribution is 2.49. The fourth-order valence-corrected chi connectivity index (χ4v) is 5.99. The lowest BCUT2D eigenvalue weighted by molar-refractivity contribution is -0.151. The number of carboxylic acids is 1. The summed E-state index contributed by atoms with van der Waals surface area (Å²) >= 11 is 3.34. The van der Waals surface area contributed by atoms with Gasteiger partial charge in [0.15, 0.2) is 0 Å². The van der Waals surface area contributed by atoms with Crippen LogP contribution in [0.1, 0.15) is 46.5 Å². The molecule has 4 nitrogen and oxygen atoms in total. The highest BCUT2D eigenvalue weighted by Gasteiger charge is 2.37. The van der Waals surface area contributed by atoms with E-state index in [1.807, 2.05) is 30.2 Å². The second-order valence-corrected chi connectivity index (χ2v) is 10.8. The van der Waals surface area contributed by atoms with Crippen LogP contribution in [0.15, 0.2) is 52.3 Å². The lowest BCUT2D eigenvalue weighted by Gasteiger charge is -2.37. The molecule has 0 saturated heterocycles. The molecule has 0 fully saturated rings. The van der Waals surface area contributed by atoms with Crippen molar-refractivity contribution in [1.29, 1.82) is 0 Å². The van der Waals surface area contributed by atoms with Crippen molar-refractivity contribution in [1.82, 2.24) is 0 Å². The van der Waals surface area contributed by atoms with E-state index in [1.54, 1.807) is 0 Å². The third kappa shape index (κ3) is 5.99. The van der Waals surface area contributed by atoms with Crippen LogP contribution in [0.2, 0.25) is 0 Å². The van der Waals surface area contributed by atoms with Crippen molar-refractivity contribution in [2.24, 2.45) is 5.41 Å². The van der Waals surface area contributed by atoms with E-state index in [2.05, 4.69) is 49.1 Å². The third-order valence-electron chi connectivity index (χ3n) is 6.39. The number of anilines is 2. The van der Waals surface area contributed by atoms with Crippen LogP contribution in [0, 0.1) is 5.41 Å². The molecule has 33 heavy (non-hydrogen) atoms. The number of fused-ring (bicyclic) bond motifs is 1. The quantitative estimate of drug-likeness (QED) is 0.349. The van der Waals surface area contributed by atoms with Crippen LogP contribution in [0.5, 0.6) is 5.75 Å². The van der Waals surface area contributed by atoms with Gasteiger partial charge in [0.25, 0.3) is 0 Å². The summed E-state index contributed by atoms with van der Waals surface area (Å²) in [6.45, 7) is 5.96. The largest absolute Gasteiger partial charge is 0.488 e. The number of aliphatic carboxylic acids is 1. The predicted molar refractivity (Wildman–Crippen MR) is 137 cm³/mol. The van der Waals surface area contributed by atoms with Crippen LogP contribution >= 0.6 is 23.5 Å². The van der Waals surface area contributed by atoms with Crippen LogP contribution < -0.4 is 9.64 Å². The maximum atomic E-state index is 14.3. The van der Waals surface area contributed by atoms with E-state index in [4.69, 9.17) is 9.84 Å². The van der Waals surface area contributed by atoms with Crippen LogP contribution in [0.25, 0.3) is 0 Å². The molecule has 2 aromatic carbocycles. The molecule has 2 unspecified atom stereocenters. The van der Waals surface area contributed by atoms with Crippen molar-refractivity contribution in [3.8, 4) is 5.75 Å². The van der Waals surface area contributed by atoms with E-state index in [0.717, 1.165) is 46.8 Å². The summed E-state index contributed by atoms with van der Waals surface area (Å²) in [4.78, 5) is 15.6. The molecule has 0 spiro atoms. The maximum Gasteiger partial charge on any atom is 0.344 e. The Bertz CT molecular complexity index is 954. The summed E-state index contributed by atoms with van der Waals surface area (Å²) in [6, 6.07) is 14.5. The van der Waals surface area contributed by atoms with Crippen molar-refractivity contribution in [3.05, 3.63) is 42.5 Å². The fourth-order valence-electron chi connectivity index (χ4n) is 4.03. The van der Waals surface area contributed by atoms with Crippen LogP contribution in [0.3, 0.4) is 0 Å². The van der Waals surface area contributed by atoms with E-state index in [-0.39, 0.29) is 5.41 Å². The number of alkyl halides is 1. The van der Waals surface area contributed by atoms with Crippen LogP contribution in [-0.4, -0.2) is 41.9 Å². The second kappa shape index (κ2) is 11.0. The Labute approximate surface area is 205 Å². The topological polar surface area (TPSA) is 49.8 Å². The van der Waals surface area contributed by atoms with Gasteiger partial charge < -0.3 is 14.7 Å². The minimum absolute atomic E-state index is 0.177. The minimum atomic E-state index is -2.44. The van der Waals surface area contributed by atoms with Crippen molar-refractivity contribution < 1.29 is 19.0 Å². The lowest BCUT2D eigenvalue weighted by atomic mass is 9.81. The highest BCUT2D eigenvalue weighted by atomic mass is 32.2. The normalized spacial score (nSPS) is 20.0. The van der Waals surface area contributed by atoms with Gasteiger partial charge >= 0.3 is 5.97 Å². The summed E-state index contributed by atoms with van der Waals surface area (Å²) < 4.78 is 20.1. The van der Waals surface area contributed by atoms with Gasteiger partial charge in [-0.05, 0) is 55.7 Å². The van der Waals surface area contributed by atoms with E-state index in [1.165, 1.54) is 31.0 Å².